The highest BCUT2D eigenvalue weighted by molar-refractivity contribution is 5.60. The van der Waals surface area contributed by atoms with Gasteiger partial charge in [0.2, 0.25) is 0 Å². The molecule has 0 unspecified atom stereocenters. The number of hydrogen-bond acceptors (Lipinski definition) is 4. The second-order valence-electron chi connectivity index (χ2n) is 6.84. The molecule has 0 saturated carbocycles. The zero-order valence-corrected chi connectivity index (χ0v) is 17.2. The Hall–Kier alpha value is -3.18. The van der Waals surface area contributed by atoms with E-state index >= 15 is 0 Å². The molecule has 0 aliphatic rings. The van der Waals surface area contributed by atoms with Crippen LogP contribution in [0.2, 0.25) is 0 Å². The van der Waals surface area contributed by atoms with Crippen molar-refractivity contribution in [2.24, 2.45) is 0 Å². The normalized spacial score (nSPS) is 10.9. The summed E-state index contributed by atoms with van der Waals surface area (Å²) in [4.78, 5) is 2.22. The molecule has 1 aromatic heterocycles. The molecule has 0 spiro atoms. The van der Waals surface area contributed by atoms with E-state index in [1.807, 2.05) is 43.3 Å². The minimum atomic E-state index is 0.644. The molecule has 3 rings (SSSR count). The number of ether oxygens (including phenoxy) is 1. The predicted octanol–water partition coefficient (Wildman–Crippen LogP) is 4.82. The molecule has 0 atom stereocenters. The Morgan fingerprint density at radius 2 is 1.62 bits per heavy atom. The van der Waals surface area contributed by atoms with Crippen molar-refractivity contribution < 1.29 is 4.74 Å². The summed E-state index contributed by atoms with van der Waals surface area (Å²) >= 11 is 0. The van der Waals surface area contributed by atoms with Crippen LogP contribution in [0, 0.1) is 6.92 Å². The van der Waals surface area contributed by atoms with Crippen LogP contribution in [0.4, 0.5) is 0 Å². The maximum atomic E-state index is 5.57. The topological polar surface area (TPSA) is 43.2 Å². The summed E-state index contributed by atoms with van der Waals surface area (Å²) in [7, 11) is 0. The smallest absolute Gasteiger partial charge is 0.168 e. The van der Waals surface area contributed by atoms with Crippen LogP contribution in [0.3, 0.4) is 0 Å². The first-order valence-corrected chi connectivity index (χ1v) is 9.85. The molecule has 5 nitrogen and oxygen atoms in total. The average Bonchev–Trinajstić information content (AvgIpc) is 3.13. The van der Waals surface area contributed by atoms with Gasteiger partial charge in [0, 0.05) is 24.3 Å². The molecule has 5 heteroatoms. The Bertz CT molecular complexity index is 932. The monoisotopic (exact) mass is 388 g/mol. The summed E-state index contributed by atoms with van der Waals surface area (Å²) in [5.41, 5.74) is 3.24. The van der Waals surface area contributed by atoms with Gasteiger partial charge in [0.15, 0.2) is 11.6 Å². The van der Waals surface area contributed by atoms with Gasteiger partial charge in [-0.3, -0.25) is 9.47 Å². The third-order valence-electron chi connectivity index (χ3n) is 4.59. The van der Waals surface area contributed by atoms with Gasteiger partial charge in [-0.2, -0.15) is 0 Å². The summed E-state index contributed by atoms with van der Waals surface area (Å²) in [5, 5.41) is 9.05. The minimum Gasteiger partial charge on any atom is -0.494 e. The van der Waals surface area contributed by atoms with Crippen molar-refractivity contribution in [2.45, 2.75) is 20.4 Å². The van der Waals surface area contributed by atoms with Crippen LogP contribution in [0.25, 0.3) is 17.1 Å². The molecule has 0 N–H and O–H groups in total. The summed E-state index contributed by atoms with van der Waals surface area (Å²) in [6.45, 7) is 14.6. The SMILES string of the molecule is C=CCN(CC=C)Cc1nnc(-c2ccc(OCC)cc2)n1-c1ccc(C)cc1. The molecular formula is C24H28N4O. The van der Waals surface area contributed by atoms with Gasteiger partial charge in [0.05, 0.1) is 13.2 Å². The largest absolute Gasteiger partial charge is 0.494 e. The lowest BCUT2D eigenvalue weighted by Crippen LogP contribution is -2.25. The van der Waals surface area contributed by atoms with Crippen molar-refractivity contribution in [2.75, 3.05) is 19.7 Å². The van der Waals surface area contributed by atoms with E-state index in [1.165, 1.54) is 5.56 Å². The summed E-state index contributed by atoms with van der Waals surface area (Å²) in [6.07, 6.45) is 3.78. The van der Waals surface area contributed by atoms with E-state index in [9.17, 15) is 0 Å². The predicted molar refractivity (Wildman–Crippen MR) is 118 cm³/mol. The van der Waals surface area contributed by atoms with E-state index in [2.05, 4.69) is 64.0 Å². The molecule has 0 aliphatic heterocycles. The first kappa shape index (κ1) is 20.6. The van der Waals surface area contributed by atoms with Crippen molar-refractivity contribution in [3.63, 3.8) is 0 Å². The second kappa shape index (κ2) is 9.85. The molecule has 0 saturated heterocycles. The molecule has 1 heterocycles. The fourth-order valence-corrected chi connectivity index (χ4v) is 3.21. The van der Waals surface area contributed by atoms with Crippen LogP contribution in [-0.4, -0.2) is 39.4 Å². The fourth-order valence-electron chi connectivity index (χ4n) is 3.21. The molecule has 0 bridgehead atoms. The second-order valence-corrected chi connectivity index (χ2v) is 6.84. The quantitative estimate of drug-likeness (QED) is 0.467. The molecule has 150 valence electrons. The number of aromatic nitrogens is 3. The van der Waals surface area contributed by atoms with Crippen molar-refractivity contribution in [3.8, 4) is 22.8 Å². The first-order valence-electron chi connectivity index (χ1n) is 9.85. The number of nitrogens with zero attached hydrogens (tertiary/aromatic N) is 4. The van der Waals surface area contributed by atoms with Gasteiger partial charge in [-0.05, 0) is 50.2 Å². The molecule has 0 radical (unpaired) electrons. The Morgan fingerprint density at radius 1 is 0.966 bits per heavy atom. The fraction of sp³-hybridized carbons (Fsp3) is 0.250. The Balaban J connectivity index is 2.04. The van der Waals surface area contributed by atoms with Crippen molar-refractivity contribution in [3.05, 3.63) is 85.2 Å². The van der Waals surface area contributed by atoms with Crippen LogP contribution >= 0.6 is 0 Å². The van der Waals surface area contributed by atoms with Gasteiger partial charge >= 0.3 is 0 Å². The van der Waals surface area contributed by atoms with E-state index in [-0.39, 0.29) is 0 Å². The maximum Gasteiger partial charge on any atom is 0.168 e. The highest BCUT2D eigenvalue weighted by Crippen LogP contribution is 2.26. The van der Waals surface area contributed by atoms with Crippen LogP contribution in [0.1, 0.15) is 18.3 Å². The third-order valence-corrected chi connectivity index (χ3v) is 4.59. The molecule has 0 aliphatic carbocycles. The van der Waals surface area contributed by atoms with Crippen molar-refractivity contribution in [1.82, 2.24) is 19.7 Å². The Morgan fingerprint density at radius 3 is 2.21 bits per heavy atom. The highest BCUT2D eigenvalue weighted by Gasteiger charge is 2.17. The minimum absolute atomic E-state index is 0.644. The molecule has 0 fully saturated rings. The standard InChI is InChI=1S/C24H28N4O/c1-5-16-27(17-6-2)18-23-25-26-24(20-10-14-22(15-11-20)29-7-3)28(23)21-12-8-19(4)9-13-21/h5-6,8-15H,1-2,7,16-18H2,3-4H3. The number of hydrogen-bond donors (Lipinski definition) is 0. The third kappa shape index (κ3) is 5.00. The van der Waals surface area contributed by atoms with Gasteiger partial charge in [-0.1, -0.05) is 29.8 Å². The zero-order chi connectivity index (χ0) is 20.6. The van der Waals surface area contributed by atoms with Gasteiger partial charge in [-0.15, -0.1) is 23.4 Å². The Labute approximate surface area is 173 Å². The van der Waals surface area contributed by atoms with Crippen LogP contribution in [0.15, 0.2) is 73.8 Å². The number of aryl methyl sites for hydroxylation is 1. The lowest BCUT2D eigenvalue weighted by Gasteiger charge is -2.19. The lowest BCUT2D eigenvalue weighted by atomic mass is 10.2. The van der Waals surface area contributed by atoms with E-state index in [1.54, 1.807) is 0 Å². The summed E-state index contributed by atoms with van der Waals surface area (Å²) in [6, 6.07) is 16.4. The van der Waals surface area contributed by atoms with Crippen molar-refractivity contribution >= 4 is 0 Å². The lowest BCUT2D eigenvalue weighted by molar-refractivity contribution is 0.317. The molecule has 3 aromatic rings. The maximum absolute atomic E-state index is 5.57. The zero-order valence-electron chi connectivity index (χ0n) is 17.2. The van der Waals surface area contributed by atoms with Gasteiger partial charge in [-0.25, -0.2) is 0 Å². The van der Waals surface area contributed by atoms with Crippen molar-refractivity contribution in [1.29, 1.82) is 0 Å². The van der Waals surface area contributed by atoms with Gasteiger partial charge < -0.3 is 4.74 Å². The van der Waals surface area contributed by atoms with Gasteiger partial charge in [0.25, 0.3) is 0 Å². The van der Waals surface area contributed by atoms with Crippen LogP contribution < -0.4 is 4.74 Å². The van der Waals surface area contributed by atoms with Crippen LogP contribution in [0.5, 0.6) is 5.75 Å². The Kier molecular flexibility index (Phi) is 6.98. The van der Waals surface area contributed by atoms with E-state index in [0.717, 1.165) is 41.7 Å². The van der Waals surface area contributed by atoms with Crippen LogP contribution in [-0.2, 0) is 6.54 Å². The molecular weight excluding hydrogens is 360 g/mol. The number of benzene rings is 2. The summed E-state index contributed by atoms with van der Waals surface area (Å²) < 4.78 is 7.69. The van der Waals surface area contributed by atoms with E-state index < -0.39 is 0 Å². The van der Waals surface area contributed by atoms with E-state index in [0.29, 0.717) is 13.2 Å². The molecule has 29 heavy (non-hydrogen) atoms. The average molecular weight is 389 g/mol. The van der Waals surface area contributed by atoms with E-state index in [4.69, 9.17) is 4.74 Å². The van der Waals surface area contributed by atoms with Gasteiger partial charge in [0.1, 0.15) is 5.75 Å². The highest BCUT2D eigenvalue weighted by atomic mass is 16.5. The molecule has 0 amide bonds. The first-order chi connectivity index (χ1) is 14.2. The molecule has 2 aromatic carbocycles. The summed E-state index contributed by atoms with van der Waals surface area (Å²) in [5.74, 6) is 2.53. The number of rotatable bonds is 10.